The van der Waals surface area contributed by atoms with Gasteiger partial charge in [-0.1, -0.05) is 0 Å². The molecule has 2 rings (SSSR count). The van der Waals surface area contributed by atoms with Gasteiger partial charge in [0.05, 0.1) is 12.1 Å². The highest BCUT2D eigenvalue weighted by molar-refractivity contribution is 7.09. The number of methoxy groups -OCH3 is 1. The lowest BCUT2D eigenvalue weighted by Gasteiger charge is -2.05. The smallest absolute Gasteiger partial charge is 0.224 e. The summed E-state index contributed by atoms with van der Waals surface area (Å²) in [5, 5.41) is 5.74. The van der Waals surface area contributed by atoms with Crippen molar-refractivity contribution in [1.82, 2.24) is 4.98 Å². The standard InChI is InChI=1S/C13H14N2O2S/c1-17-11-4-2-10(3-5-11)15-12(16)6-7-13-14-8-9-18-13/h2-5,8-9H,6-7H2,1H3,(H,15,16). The van der Waals surface area contributed by atoms with Crippen molar-refractivity contribution in [1.29, 1.82) is 0 Å². The Morgan fingerprint density at radius 2 is 2.17 bits per heavy atom. The van der Waals surface area contributed by atoms with Crippen LogP contribution in [0.25, 0.3) is 0 Å². The molecule has 18 heavy (non-hydrogen) atoms. The van der Waals surface area contributed by atoms with Gasteiger partial charge in [-0.25, -0.2) is 4.98 Å². The first kappa shape index (κ1) is 12.6. The van der Waals surface area contributed by atoms with Crippen LogP contribution in [0.4, 0.5) is 5.69 Å². The number of hydrogen-bond acceptors (Lipinski definition) is 4. The molecular weight excluding hydrogens is 248 g/mol. The van der Waals surface area contributed by atoms with E-state index in [1.54, 1.807) is 24.6 Å². The summed E-state index contributed by atoms with van der Waals surface area (Å²) in [6.07, 6.45) is 2.88. The number of anilines is 1. The number of aromatic nitrogens is 1. The highest BCUT2D eigenvalue weighted by Crippen LogP contribution is 2.15. The zero-order chi connectivity index (χ0) is 12.8. The summed E-state index contributed by atoms with van der Waals surface area (Å²) in [6.45, 7) is 0. The molecule has 1 amide bonds. The third-order valence-corrected chi connectivity index (χ3v) is 3.26. The van der Waals surface area contributed by atoms with E-state index in [1.807, 2.05) is 29.6 Å². The molecular formula is C13H14N2O2S. The number of aryl methyl sites for hydroxylation is 1. The van der Waals surface area contributed by atoms with E-state index in [0.29, 0.717) is 12.8 Å². The molecule has 2 aromatic rings. The number of rotatable bonds is 5. The summed E-state index contributed by atoms with van der Waals surface area (Å²) in [7, 11) is 1.61. The van der Waals surface area contributed by atoms with Crippen molar-refractivity contribution in [3.8, 4) is 5.75 Å². The number of benzene rings is 1. The molecule has 0 atom stereocenters. The zero-order valence-electron chi connectivity index (χ0n) is 10.1. The van der Waals surface area contributed by atoms with Crippen LogP contribution in [0, 0.1) is 0 Å². The molecule has 4 nitrogen and oxygen atoms in total. The second kappa shape index (κ2) is 6.16. The topological polar surface area (TPSA) is 51.2 Å². The number of carbonyl (C=O) groups excluding carboxylic acids is 1. The number of nitrogens with zero attached hydrogens (tertiary/aromatic N) is 1. The van der Waals surface area contributed by atoms with Crippen molar-refractivity contribution in [2.75, 3.05) is 12.4 Å². The summed E-state index contributed by atoms with van der Waals surface area (Å²) in [5.41, 5.74) is 0.778. The van der Waals surface area contributed by atoms with Crippen molar-refractivity contribution < 1.29 is 9.53 Å². The molecule has 0 unspecified atom stereocenters. The molecule has 5 heteroatoms. The van der Waals surface area contributed by atoms with Gasteiger partial charge in [-0.15, -0.1) is 11.3 Å². The van der Waals surface area contributed by atoms with Crippen molar-refractivity contribution in [2.24, 2.45) is 0 Å². The zero-order valence-corrected chi connectivity index (χ0v) is 10.9. The van der Waals surface area contributed by atoms with Crippen LogP contribution in [0.3, 0.4) is 0 Å². The number of hydrogen-bond donors (Lipinski definition) is 1. The van der Waals surface area contributed by atoms with E-state index in [-0.39, 0.29) is 5.91 Å². The van der Waals surface area contributed by atoms with Crippen LogP contribution in [-0.2, 0) is 11.2 Å². The fourth-order valence-electron chi connectivity index (χ4n) is 1.49. The van der Waals surface area contributed by atoms with E-state index in [9.17, 15) is 4.79 Å². The van der Waals surface area contributed by atoms with Crippen molar-refractivity contribution in [3.05, 3.63) is 40.8 Å². The molecule has 1 aromatic carbocycles. The number of carbonyl (C=O) groups is 1. The number of ether oxygens (including phenoxy) is 1. The van der Waals surface area contributed by atoms with Crippen molar-refractivity contribution in [2.45, 2.75) is 12.8 Å². The third kappa shape index (κ3) is 3.56. The predicted octanol–water partition coefficient (Wildman–Crippen LogP) is 2.72. The minimum Gasteiger partial charge on any atom is -0.497 e. The van der Waals surface area contributed by atoms with Gasteiger partial charge in [0.15, 0.2) is 0 Å². The molecule has 0 saturated heterocycles. The Labute approximate surface area is 110 Å². The van der Waals surface area contributed by atoms with Gasteiger partial charge >= 0.3 is 0 Å². The Morgan fingerprint density at radius 1 is 1.39 bits per heavy atom. The molecule has 0 aliphatic heterocycles. The van der Waals surface area contributed by atoms with E-state index in [4.69, 9.17) is 4.74 Å². The van der Waals surface area contributed by atoms with Crippen molar-refractivity contribution in [3.63, 3.8) is 0 Å². The Bertz CT molecular complexity index is 494. The second-order valence-corrected chi connectivity index (χ2v) is 4.68. The minimum atomic E-state index is -0.00429. The molecule has 1 N–H and O–H groups in total. The van der Waals surface area contributed by atoms with Crippen LogP contribution in [-0.4, -0.2) is 18.0 Å². The highest BCUT2D eigenvalue weighted by Gasteiger charge is 2.04. The van der Waals surface area contributed by atoms with Crippen LogP contribution in [0.1, 0.15) is 11.4 Å². The fourth-order valence-corrected chi connectivity index (χ4v) is 2.12. The molecule has 1 aromatic heterocycles. The van der Waals surface area contributed by atoms with Gasteiger partial charge in [0.1, 0.15) is 5.75 Å². The van der Waals surface area contributed by atoms with Crippen LogP contribution in [0.2, 0.25) is 0 Å². The van der Waals surface area contributed by atoms with Gasteiger partial charge < -0.3 is 10.1 Å². The quantitative estimate of drug-likeness (QED) is 0.901. The van der Waals surface area contributed by atoms with Crippen LogP contribution in [0.15, 0.2) is 35.8 Å². The number of thiazole rings is 1. The summed E-state index contributed by atoms with van der Waals surface area (Å²) in [6, 6.07) is 7.27. The largest absolute Gasteiger partial charge is 0.497 e. The van der Waals surface area contributed by atoms with Crippen LogP contribution < -0.4 is 10.1 Å². The lowest BCUT2D eigenvalue weighted by atomic mass is 10.2. The average Bonchev–Trinajstić information content (AvgIpc) is 2.90. The molecule has 0 spiro atoms. The summed E-state index contributed by atoms with van der Waals surface area (Å²) >= 11 is 1.57. The minimum absolute atomic E-state index is 0.00429. The maximum Gasteiger partial charge on any atom is 0.224 e. The lowest BCUT2D eigenvalue weighted by Crippen LogP contribution is -2.12. The number of amides is 1. The number of nitrogens with one attached hydrogen (secondary N) is 1. The summed E-state index contributed by atoms with van der Waals surface area (Å²) in [5.74, 6) is 0.770. The summed E-state index contributed by atoms with van der Waals surface area (Å²) < 4.78 is 5.05. The normalized spacial score (nSPS) is 10.1. The third-order valence-electron chi connectivity index (χ3n) is 2.42. The first-order valence-electron chi connectivity index (χ1n) is 5.60. The highest BCUT2D eigenvalue weighted by atomic mass is 32.1. The average molecular weight is 262 g/mol. The molecule has 0 fully saturated rings. The van der Waals surface area contributed by atoms with Crippen LogP contribution in [0.5, 0.6) is 5.75 Å². The Hall–Kier alpha value is -1.88. The van der Waals surface area contributed by atoms with Gasteiger partial charge in [0.25, 0.3) is 0 Å². The molecule has 0 radical (unpaired) electrons. The van der Waals surface area contributed by atoms with Gasteiger partial charge in [-0.2, -0.15) is 0 Å². The van der Waals surface area contributed by atoms with E-state index in [0.717, 1.165) is 16.4 Å². The molecule has 0 bridgehead atoms. The van der Waals surface area contributed by atoms with Gasteiger partial charge in [-0.05, 0) is 24.3 Å². The summed E-state index contributed by atoms with van der Waals surface area (Å²) in [4.78, 5) is 15.8. The first-order chi connectivity index (χ1) is 8.78. The first-order valence-corrected chi connectivity index (χ1v) is 6.48. The van der Waals surface area contributed by atoms with Crippen LogP contribution >= 0.6 is 11.3 Å². The Kier molecular flexibility index (Phi) is 4.30. The second-order valence-electron chi connectivity index (χ2n) is 3.70. The van der Waals surface area contributed by atoms with E-state index in [2.05, 4.69) is 10.3 Å². The monoisotopic (exact) mass is 262 g/mol. The fraction of sp³-hybridized carbons (Fsp3) is 0.231. The maximum atomic E-state index is 11.7. The SMILES string of the molecule is COc1ccc(NC(=O)CCc2nccs2)cc1. The lowest BCUT2D eigenvalue weighted by molar-refractivity contribution is -0.116. The molecule has 1 heterocycles. The molecule has 0 saturated carbocycles. The molecule has 0 aliphatic rings. The van der Waals surface area contributed by atoms with E-state index in [1.165, 1.54) is 0 Å². The van der Waals surface area contributed by atoms with Gasteiger partial charge in [-0.3, -0.25) is 4.79 Å². The van der Waals surface area contributed by atoms with Crippen molar-refractivity contribution >= 4 is 22.9 Å². The Balaban J connectivity index is 1.83. The van der Waals surface area contributed by atoms with Gasteiger partial charge in [0.2, 0.25) is 5.91 Å². The van der Waals surface area contributed by atoms with E-state index >= 15 is 0 Å². The molecule has 94 valence electrons. The Morgan fingerprint density at radius 3 is 2.78 bits per heavy atom. The predicted molar refractivity (Wildman–Crippen MR) is 72.1 cm³/mol. The van der Waals surface area contributed by atoms with E-state index < -0.39 is 0 Å². The van der Waals surface area contributed by atoms with Gasteiger partial charge in [0, 0.05) is 30.1 Å². The maximum absolute atomic E-state index is 11.7. The molecule has 0 aliphatic carbocycles.